The molecule has 11 heteroatoms. The van der Waals surface area contributed by atoms with Gasteiger partial charge in [0.25, 0.3) is 11.8 Å². The number of hydrogen-bond donors (Lipinski definition) is 3. The summed E-state index contributed by atoms with van der Waals surface area (Å²) in [5.74, 6) is -0.0970. The second-order valence-corrected chi connectivity index (χ2v) is 7.69. The summed E-state index contributed by atoms with van der Waals surface area (Å²) in [7, 11) is 1.52. The average molecular weight is 521 g/mol. The van der Waals surface area contributed by atoms with Gasteiger partial charge in [0, 0.05) is 10.6 Å². The van der Waals surface area contributed by atoms with E-state index >= 15 is 0 Å². The number of hydrazine groups is 1. The van der Waals surface area contributed by atoms with Crippen LogP contribution < -0.4 is 25.6 Å². The fourth-order valence-electron chi connectivity index (χ4n) is 2.05. The molecule has 2 amide bonds. The summed E-state index contributed by atoms with van der Waals surface area (Å²) >= 11 is 20.2. The van der Waals surface area contributed by atoms with Crippen LogP contribution in [0.2, 0.25) is 10.0 Å². The summed E-state index contributed by atoms with van der Waals surface area (Å²) in [5.41, 5.74) is 5.20. The molecule has 0 spiro atoms. The van der Waals surface area contributed by atoms with Gasteiger partial charge in [-0.05, 0) is 71.5 Å². The Labute approximate surface area is 191 Å². The maximum Gasteiger partial charge on any atom is 0.269 e. The normalized spacial score (nSPS) is 11.2. The summed E-state index contributed by atoms with van der Waals surface area (Å²) < 4.78 is 11.2. The van der Waals surface area contributed by atoms with Gasteiger partial charge >= 0.3 is 0 Å². The summed E-state index contributed by atoms with van der Waals surface area (Å²) in [6.45, 7) is 1.52. The number of carbonyl (C=O) groups excluding carboxylic acids is 2. The molecule has 1 unspecified atom stereocenters. The average Bonchev–Trinajstić information content (AvgIpc) is 2.68. The van der Waals surface area contributed by atoms with Gasteiger partial charge in [0.15, 0.2) is 11.2 Å². The largest absolute Gasteiger partial charge is 0.496 e. The molecule has 154 valence electrons. The van der Waals surface area contributed by atoms with Crippen molar-refractivity contribution in [1.29, 1.82) is 0 Å². The van der Waals surface area contributed by atoms with Gasteiger partial charge in [-0.3, -0.25) is 25.8 Å². The molecule has 29 heavy (non-hydrogen) atoms. The highest BCUT2D eigenvalue weighted by atomic mass is 79.9. The van der Waals surface area contributed by atoms with Crippen LogP contribution in [0.25, 0.3) is 0 Å². The van der Waals surface area contributed by atoms with Gasteiger partial charge in [0.1, 0.15) is 11.5 Å². The van der Waals surface area contributed by atoms with E-state index in [9.17, 15) is 9.59 Å². The third kappa shape index (κ3) is 6.74. The van der Waals surface area contributed by atoms with E-state index in [0.29, 0.717) is 26.6 Å². The molecule has 0 aliphatic rings. The Morgan fingerprint density at radius 3 is 2.41 bits per heavy atom. The van der Waals surface area contributed by atoms with Gasteiger partial charge in [0.2, 0.25) is 0 Å². The molecule has 0 aliphatic heterocycles. The summed E-state index contributed by atoms with van der Waals surface area (Å²) in [6.07, 6.45) is -0.901. The van der Waals surface area contributed by atoms with Crippen LogP contribution in [0.5, 0.6) is 11.5 Å². The highest BCUT2D eigenvalue weighted by Gasteiger charge is 2.18. The Morgan fingerprint density at radius 1 is 1.10 bits per heavy atom. The predicted octanol–water partition coefficient (Wildman–Crippen LogP) is 3.87. The molecule has 0 aromatic heterocycles. The van der Waals surface area contributed by atoms with Crippen molar-refractivity contribution in [3.05, 3.63) is 56.5 Å². The van der Waals surface area contributed by atoms with Crippen LogP contribution in [0.3, 0.4) is 0 Å². The first kappa shape index (κ1) is 23.2. The Morgan fingerprint density at radius 2 is 1.79 bits per heavy atom. The lowest BCUT2D eigenvalue weighted by Crippen LogP contribution is -2.51. The zero-order valence-corrected chi connectivity index (χ0v) is 19.1. The minimum atomic E-state index is -0.901. The molecule has 2 rings (SSSR count). The molecule has 3 N–H and O–H groups in total. The maximum absolute atomic E-state index is 12.2. The number of rotatable bonds is 5. The standard InChI is InChI=1S/C18H16BrCl2N3O4S/c1-9(28-15-6-4-11(20)8-13(15)21)16(25)22-18(29)24-23-17(26)10-3-5-14(27-2)12(19)7-10/h3-9H,1-2H3,(H,23,26)(H2,22,24,25,29). The topological polar surface area (TPSA) is 88.7 Å². The lowest BCUT2D eigenvalue weighted by Gasteiger charge is -2.17. The molecule has 0 radical (unpaired) electrons. The monoisotopic (exact) mass is 519 g/mol. The molecule has 2 aromatic carbocycles. The third-order valence-electron chi connectivity index (χ3n) is 3.51. The molecule has 0 saturated carbocycles. The highest BCUT2D eigenvalue weighted by molar-refractivity contribution is 9.10. The van der Waals surface area contributed by atoms with Crippen LogP contribution in [-0.2, 0) is 4.79 Å². The first-order valence-electron chi connectivity index (χ1n) is 8.07. The van der Waals surface area contributed by atoms with E-state index in [2.05, 4.69) is 32.1 Å². The number of methoxy groups -OCH3 is 1. The lowest BCUT2D eigenvalue weighted by molar-refractivity contribution is -0.125. The zero-order chi connectivity index (χ0) is 21.6. The van der Waals surface area contributed by atoms with E-state index in [1.54, 1.807) is 30.3 Å². The lowest BCUT2D eigenvalue weighted by atomic mass is 10.2. The van der Waals surface area contributed by atoms with Crippen LogP contribution >= 0.6 is 51.3 Å². The number of hydrogen-bond acceptors (Lipinski definition) is 5. The minimum Gasteiger partial charge on any atom is -0.496 e. The first-order valence-corrected chi connectivity index (χ1v) is 10.0. The Balaban J connectivity index is 1.85. The molecule has 1 atom stereocenters. The molecular formula is C18H16BrCl2N3O4S. The van der Waals surface area contributed by atoms with Gasteiger partial charge < -0.3 is 9.47 Å². The molecule has 0 aliphatic carbocycles. The molecule has 0 heterocycles. The minimum absolute atomic E-state index is 0.103. The van der Waals surface area contributed by atoms with E-state index in [1.165, 1.54) is 20.1 Å². The number of amides is 2. The van der Waals surface area contributed by atoms with E-state index < -0.39 is 17.9 Å². The van der Waals surface area contributed by atoms with Crippen molar-refractivity contribution < 1.29 is 19.1 Å². The van der Waals surface area contributed by atoms with Gasteiger partial charge in [-0.1, -0.05) is 23.2 Å². The van der Waals surface area contributed by atoms with Gasteiger partial charge in [-0.25, -0.2) is 0 Å². The van der Waals surface area contributed by atoms with Gasteiger partial charge in [0.05, 0.1) is 16.6 Å². The predicted molar refractivity (Wildman–Crippen MR) is 119 cm³/mol. The maximum atomic E-state index is 12.2. The van der Waals surface area contributed by atoms with E-state index in [0.717, 1.165) is 0 Å². The molecule has 0 bridgehead atoms. The molecule has 7 nitrogen and oxygen atoms in total. The number of nitrogens with one attached hydrogen (secondary N) is 3. The van der Waals surface area contributed by atoms with Crippen LogP contribution in [0, 0.1) is 0 Å². The Kier molecular flexibility index (Phi) is 8.51. The van der Waals surface area contributed by atoms with Crippen LogP contribution in [0.1, 0.15) is 17.3 Å². The fraction of sp³-hybridized carbons (Fsp3) is 0.167. The van der Waals surface area contributed by atoms with Gasteiger partial charge in [-0.15, -0.1) is 0 Å². The fourth-order valence-corrected chi connectivity index (χ4v) is 3.20. The van der Waals surface area contributed by atoms with Crippen LogP contribution in [-0.4, -0.2) is 30.1 Å². The van der Waals surface area contributed by atoms with Crippen molar-refractivity contribution in [2.45, 2.75) is 13.0 Å². The van der Waals surface area contributed by atoms with Crippen molar-refractivity contribution in [1.82, 2.24) is 16.2 Å². The van der Waals surface area contributed by atoms with Crippen molar-refractivity contribution in [3.63, 3.8) is 0 Å². The number of halogens is 3. The number of ether oxygens (including phenoxy) is 2. The van der Waals surface area contributed by atoms with Crippen molar-refractivity contribution in [3.8, 4) is 11.5 Å². The SMILES string of the molecule is COc1ccc(C(=O)NNC(=S)NC(=O)C(C)Oc2ccc(Cl)cc2Cl)cc1Br. The zero-order valence-electron chi connectivity index (χ0n) is 15.2. The number of carbonyl (C=O) groups is 2. The third-order valence-corrected chi connectivity index (χ3v) is 4.86. The number of thiocarbonyl (C=S) groups is 1. The molecular weight excluding hydrogens is 505 g/mol. The van der Waals surface area contributed by atoms with Crippen molar-refractivity contribution >= 4 is 68.3 Å². The number of benzene rings is 2. The van der Waals surface area contributed by atoms with E-state index in [1.807, 2.05) is 0 Å². The van der Waals surface area contributed by atoms with Crippen molar-refractivity contribution in [2.75, 3.05) is 7.11 Å². The Bertz CT molecular complexity index is 945. The highest BCUT2D eigenvalue weighted by Crippen LogP contribution is 2.28. The summed E-state index contributed by atoms with van der Waals surface area (Å²) in [4.78, 5) is 24.4. The van der Waals surface area contributed by atoms with Crippen LogP contribution in [0.4, 0.5) is 0 Å². The Hall–Kier alpha value is -2.07. The van der Waals surface area contributed by atoms with Crippen LogP contribution in [0.15, 0.2) is 40.9 Å². The van der Waals surface area contributed by atoms with E-state index in [4.69, 9.17) is 44.9 Å². The second-order valence-electron chi connectivity index (χ2n) is 5.58. The van der Waals surface area contributed by atoms with Gasteiger partial charge in [-0.2, -0.15) is 0 Å². The first-order chi connectivity index (χ1) is 13.7. The van der Waals surface area contributed by atoms with Crippen molar-refractivity contribution in [2.24, 2.45) is 0 Å². The second kappa shape index (κ2) is 10.6. The smallest absolute Gasteiger partial charge is 0.269 e. The molecule has 0 fully saturated rings. The quantitative estimate of drug-likeness (QED) is 0.409. The molecule has 0 saturated heterocycles. The molecule has 2 aromatic rings. The van der Waals surface area contributed by atoms with E-state index in [-0.39, 0.29) is 10.1 Å². The summed E-state index contributed by atoms with van der Waals surface area (Å²) in [6, 6.07) is 9.45. The summed E-state index contributed by atoms with van der Waals surface area (Å²) in [5, 5.41) is 3.03.